The standard InChI is InChI=1S/C20H21ClN4O/c1-13(2)19(15-7-9-16(21)10-8-15)24-20(26)17-12-23-25(14(17)3)18-6-4-5-11-22-18/h4-13,19H,1-3H3,(H,24,26). The Kier molecular flexibility index (Phi) is 5.38. The summed E-state index contributed by atoms with van der Waals surface area (Å²) in [4.78, 5) is 17.1. The van der Waals surface area contributed by atoms with Crippen LogP contribution >= 0.6 is 11.6 Å². The lowest BCUT2D eigenvalue weighted by Crippen LogP contribution is -2.32. The molecule has 2 aromatic heterocycles. The van der Waals surface area contributed by atoms with Crippen LogP contribution in [0.15, 0.2) is 54.9 Å². The second-order valence-corrected chi connectivity index (χ2v) is 6.93. The second-order valence-electron chi connectivity index (χ2n) is 6.49. The number of aromatic nitrogens is 3. The largest absolute Gasteiger partial charge is 0.345 e. The lowest BCUT2D eigenvalue weighted by molar-refractivity contribution is 0.0925. The Morgan fingerprint density at radius 1 is 1.15 bits per heavy atom. The van der Waals surface area contributed by atoms with Gasteiger partial charge in [-0.3, -0.25) is 4.79 Å². The van der Waals surface area contributed by atoms with Gasteiger partial charge in [0.15, 0.2) is 5.82 Å². The molecule has 5 nitrogen and oxygen atoms in total. The van der Waals surface area contributed by atoms with E-state index in [9.17, 15) is 4.79 Å². The highest BCUT2D eigenvalue weighted by Gasteiger charge is 2.22. The first-order chi connectivity index (χ1) is 12.5. The number of nitrogens with zero attached hydrogens (tertiary/aromatic N) is 3. The summed E-state index contributed by atoms with van der Waals surface area (Å²) in [6, 6.07) is 13.0. The predicted molar refractivity (Wildman–Crippen MR) is 103 cm³/mol. The summed E-state index contributed by atoms with van der Waals surface area (Å²) in [5, 5.41) is 8.11. The van der Waals surface area contributed by atoms with E-state index >= 15 is 0 Å². The summed E-state index contributed by atoms with van der Waals surface area (Å²) in [5.74, 6) is 0.756. The molecule has 6 heteroatoms. The van der Waals surface area contributed by atoms with Crippen molar-refractivity contribution in [3.05, 3.63) is 76.7 Å². The maximum atomic E-state index is 12.9. The molecule has 2 heterocycles. The van der Waals surface area contributed by atoms with Crippen molar-refractivity contribution >= 4 is 17.5 Å². The minimum atomic E-state index is -0.154. The van der Waals surface area contributed by atoms with Crippen molar-refractivity contribution < 1.29 is 4.79 Å². The third kappa shape index (κ3) is 3.78. The van der Waals surface area contributed by atoms with Crippen LogP contribution in [0.1, 0.15) is 41.5 Å². The van der Waals surface area contributed by atoms with E-state index in [-0.39, 0.29) is 17.9 Å². The first-order valence-electron chi connectivity index (χ1n) is 8.49. The Labute approximate surface area is 158 Å². The molecule has 0 spiro atoms. The SMILES string of the molecule is Cc1c(C(=O)NC(c2ccc(Cl)cc2)C(C)C)cnn1-c1ccccn1. The number of carbonyl (C=O) groups excluding carboxylic acids is 1. The van der Waals surface area contributed by atoms with Gasteiger partial charge in [-0.05, 0) is 42.7 Å². The van der Waals surface area contributed by atoms with Crippen LogP contribution in [0.3, 0.4) is 0 Å². The van der Waals surface area contributed by atoms with Gasteiger partial charge in [0, 0.05) is 11.2 Å². The number of nitrogens with one attached hydrogen (secondary N) is 1. The minimum Gasteiger partial charge on any atom is -0.345 e. The molecular formula is C20H21ClN4O. The highest BCUT2D eigenvalue weighted by atomic mass is 35.5. The molecule has 0 saturated heterocycles. The van der Waals surface area contributed by atoms with Gasteiger partial charge in [0.05, 0.1) is 23.5 Å². The van der Waals surface area contributed by atoms with Crippen molar-refractivity contribution in [2.24, 2.45) is 5.92 Å². The van der Waals surface area contributed by atoms with Gasteiger partial charge in [-0.2, -0.15) is 5.10 Å². The number of benzene rings is 1. The van der Waals surface area contributed by atoms with E-state index in [0.29, 0.717) is 16.4 Å². The Bertz CT molecular complexity index is 888. The van der Waals surface area contributed by atoms with Gasteiger partial charge in [0.25, 0.3) is 5.91 Å². The fourth-order valence-electron chi connectivity index (χ4n) is 2.87. The van der Waals surface area contributed by atoms with E-state index in [1.807, 2.05) is 49.4 Å². The van der Waals surface area contributed by atoms with Crippen LogP contribution in [0.2, 0.25) is 5.02 Å². The Hall–Kier alpha value is -2.66. The maximum Gasteiger partial charge on any atom is 0.255 e. The number of rotatable bonds is 5. The second kappa shape index (κ2) is 7.70. The van der Waals surface area contributed by atoms with Crippen molar-refractivity contribution in [2.75, 3.05) is 0 Å². The van der Waals surface area contributed by atoms with Crippen molar-refractivity contribution in [1.82, 2.24) is 20.1 Å². The number of pyridine rings is 1. The lowest BCUT2D eigenvalue weighted by atomic mass is 9.95. The zero-order chi connectivity index (χ0) is 18.7. The van der Waals surface area contributed by atoms with Crippen LogP contribution < -0.4 is 5.32 Å². The van der Waals surface area contributed by atoms with Crippen LogP contribution in [0.25, 0.3) is 5.82 Å². The Morgan fingerprint density at radius 3 is 2.50 bits per heavy atom. The molecule has 0 bridgehead atoms. The number of hydrogen-bond donors (Lipinski definition) is 1. The minimum absolute atomic E-state index is 0.114. The number of hydrogen-bond acceptors (Lipinski definition) is 3. The fourth-order valence-corrected chi connectivity index (χ4v) is 2.99. The first-order valence-corrected chi connectivity index (χ1v) is 8.87. The van der Waals surface area contributed by atoms with Gasteiger partial charge < -0.3 is 5.32 Å². The predicted octanol–water partition coefficient (Wildman–Crippen LogP) is 4.36. The zero-order valence-electron chi connectivity index (χ0n) is 15.0. The Morgan fingerprint density at radius 2 is 1.88 bits per heavy atom. The summed E-state index contributed by atoms with van der Waals surface area (Å²) in [6.45, 7) is 6.01. The molecule has 0 aliphatic rings. The smallest absolute Gasteiger partial charge is 0.255 e. The monoisotopic (exact) mass is 368 g/mol. The molecule has 0 aliphatic carbocycles. The molecule has 0 saturated carbocycles. The quantitative estimate of drug-likeness (QED) is 0.728. The molecular weight excluding hydrogens is 348 g/mol. The fraction of sp³-hybridized carbons (Fsp3) is 0.250. The normalized spacial score (nSPS) is 12.2. The Balaban J connectivity index is 1.85. The molecule has 0 radical (unpaired) electrons. The van der Waals surface area contributed by atoms with Crippen LogP contribution in [-0.4, -0.2) is 20.7 Å². The first kappa shape index (κ1) is 18.1. The maximum absolute atomic E-state index is 12.9. The number of carbonyl (C=O) groups is 1. The third-order valence-corrected chi connectivity index (χ3v) is 4.56. The number of halogens is 1. The van der Waals surface area contributed by atoms with Crippen LogP contribution in [0.5, 0.6) is 0 Å². The molecule has 3 aromatic rings. The van der Waals surface area contributed by atoms with Crippen molar-refractivity contribution in [1.29, 1.82) is 0 Å². The van der Waals surface area contributed by atoms with E-state index in [2.05, 4.69) is 29.2 Å². The molecule has 1 N–H and O–H groups in total. The number of amides is 1. The lowest BCUT2D eigenvalue weighted by Gasteiger charge is -2.23. The highest BCUT2D eigenvalue weighted by molar-refractivity contribution is 6.30. The van der Waals surface area contributed by atoms with Gasteiger partial charge in [0.2, 0.25) is 0 Å². The van der Waals surface area contributed by atoms with Crippen molar-refractivity contribution in [2.45, 2.75) is 26.8 Å². The average Bonchev–Trinajstić information content (AvgIpc) is 3.02. The van der Waals surface area contributed by atoms with E-state index in [0.717, 1.165) is 11.3 Å². The summed E-state index contributed by atoms with van der Waals surface area (Å²) in [7, 11) is 0. The molecule has 26 heavy (non-hydrogen) atoms. The van der Waals surface area contributed by atoms with Gasteiger partial charge >= 0.3 is 0 Å². The summed E-state index contributed by atoms with van der Waals surface area (Å²) in [5.41, 5.74) is 2.31. The van der Waals surface area contributed by atoms with Crippen LogP contribution in [0.4, 0.5) is 0 Å². The molecule has 1 unspecified atom stereocenters. The van der Waals surface area contributed by atoms with Gasteiger partial charge in [-0.1, -0.05) is 43.6 Å². The molecule has 0 fully saturated rings. The van der Waals surface area contributed by atoms with Crippen LogP contribution in [0, 0.1) is 12.8 Å². The molecule has 1 atom stereocenters. The summed E-state index contributed by atoms with van der Waals surface area (Å²) in [6.07, 6.45) is 3.28. The van der Waals surface area contributed by atoms with Crippen molar-refractivity contribution in [3.8, 4) is 5.82 Å². The molecule has 134 valence electrons. The molecule has 1 amide bonds. The topological polar surface area (TPSA) is 59.8 Å². The van der Waals surface area contributed by atoms with Crippen molar-refractivity contribution in [3.63, 3.8) is 0 Å². The summed E-state index contributed by atoms with van der Waals surface area (Å²) < 4.78 is 1.67. The third-order valence-electron chi connectivity index (χ3n) is 4.30. The van der Waals surface area contributed by atoms with Gasteiger partial charge in [0.1, 0.15) is 0 Å². The summed E-state index contributed by atoms with van der Waals surface area (Å²) >= 11 is 5.98. The highest BCUT2D eigenvalue weighted by Crippen LogP contribution is 2.24. The van der Waals surface area contributed by atoms with E-state index in [1.165, 1.54) is 0 Å². The van der Waals surface area contributed by atoms with E-state index in [4.69, 9.17) is 11.6 Å². The zero-order valence-corrected chi connectivity index (χ0v) is 15.7. The van der Waals surface area contributed by atoms with E-state index < -0.39 is 0 Å². The van der Waals surface area contributed by atoms with Gasteiger partial charge in [-0.15, -0.1) is 0 Å². The molecule has 1 aromatic carbocycles. The molecule has 3 rings (SSSR count). The average molecular weight is 369 g/mol. The van der Waals surface area contributed by atoms with E-state index in [1.54, 1.807) is 17.1 Å². The molecule has 0 aliphatic heterocycles. The van der Waals surface area contributed by atoms with Gasteiger partial charge in [-0.25, -0.2) is 9.67 Å². The van der Waals surface area contributed by atoms with Crippen LogP contribution in [-0.2, 0) is 0 Å².